The number of nitrogens with zero attached hydrogens (tertiary/aromatic N) is 3. The zero-order valence-corrected chi connectivity index (χ0v) is 13.7. The summed E-state index contributed by atoms with van der Waals surface area (Å²) in [6, 6.07) is 22.4. The van der Waals surface area contributed by atoms with Gasteiger partial charge in [0.2, 0.25) is 0 Å². The minimum atomic E-state index is -0.0362. The first-order valence-corrected chi connectivity index (χ1v) is 5.87. The molecule has 0 aliphatic carbocycles. The van der Waals surface area contributed by atoms with Crippen LogP contribution in [0, 0.1) is 12.4 Å². The fourth-order valence-electron chi connectivity index (χ4n) is 1.41. The third kappa shape index (κ3) is 6.64. The molecule has 0 atom stereocenters. The van der Waals surface area contributed by atoms with Gasteiger partial charge < -0.3 is 15.0 Å². The van der Waals surface area contributed by atoms with Gasteiger partial charge in [0, 0.05) is 52.5 Å². The quantitative estimate of drug-likeness (QED) is 0.675. The molecule has 0 bridgehead atoms. The normalized spacial score (nSPS) is 9.50. The molecule has 1 radical (unpaired) electrons. The zero-order chi connectivity index (χ0) is 14.0. The van der Waals surface area contributed by atoms with E-state index < -0.39 is 0 Å². The van der Waals surface area contributed by atoms with Crippen LogP contribution in [0.15, 0.2) is 67.0 Å². The van der Waals surface area contributed by atoms with Crippen LogP contribution in [-0.4, -0.2) is 15.0 Å². The molecule has 0 aliphatic rings. The van der Waals surface area contributed by atoms with E-state index in [2.05, 4.69) is 27.3 Å². The Morgan fingerprint density at radius 3 is 2.25 bits per heavy atom. The van der Waals surface area contributed by atoms with Gasteiger partial charge in [0.25, 0.3) is 0 Å². The van der Waals surface area contributed by atoms with E-state index in [9.17, 15) is 0 Å². The molecule has 0 aliphatic heterocycles. The molecule has 0 saturated carbocycles. The zero-order valence-electron chi connectivity index (χ0n) is 11.9. The Morgan fingerprint density at radius 1 is 1.00 bits per heavy atom. The van der Waals surface area contributed by atoms with E-state index in [1.807, 2.05) is 60.7 Å². The molecule has 4 heteroatoms. The van der Waals surface area contributed by atoms with Gasteiger partial charge in [-0.1, -0.05) is 35.9 Å². The monoisotopic (exact) mass is 338 g/mol. The Hall–Kier alpha value is -1.45. The number of hydrogen-bond donors (Lipinski definition) is 0. The molecule has 3 rings (SSSR count). The summed E-state index contributed by atoms with van der Waals surface area (Å²) in [5, 5.41) is 0. The smallest absolute Gasteiger partial charge is 0.0244 e. The van der Waals surface area contributed by atoms with E-state index in [-0.39, 0.29) is 39.0 Å². The van der Waals surface area contributed by atoms with Crippen LogP contribution in [0.25, 0.3) is 0 Å². The molecule has 20 heavy (non-hydrogen) atoms. The molecule has 1 aromatic heterocycles. The maximum Gasteiger partial charge on any atom is 0.0244 e. The Kier molecular flexibility index (Phi) is 7.74. The summed E-state index contributed by atoms with van der Waals surface area (Å²) in [4.78, 5) is 11.3. The van der Waals surface area contributed by atoms with Crippen molar-refractivity contribution >= 4 is 0 Å². The first-order chi connectivity index (χ1) is 9.84. The maximum absolute atomic E-state index is 7.21. The summed E-state index contributed by atoms with van der Waals surface area (Å²) in [6.45, 7) is 0. The molecule has 1 heterocycles. The van der Waals surface area contributed by atoms with Gasteiger partial charge >= 0.3 is 0 Å². The summed E-state index contributed by atoms with van der Waals surface area (Å²) < 4.78 is 7.21. The second-order valence-corrected chi connectivity index (χ2v) is 3.69. The number of hydrogen-bond acceptors (Lipinski definition) is 3. The molecule has 97 valence electrons. The van der Waals surface area contributed by atoms with Crippen LogP contribution in [0.5, 0.6) is 0 Å². The number of rotatable bonds is 2. The van der Waals surface area contributed by atoms with Crippen LogP contribution in [0.2, 0.25) is 0 Å². The van der Waals surface area contributed by atoms with E-state index in [1.54, 1.807) is 0 Å². The van der Waals surface area contributed by atoms with Gasteiger partial charge in [0.05, 0.1) is 0 Å². The summed E-state index contributed by atoms with van der Waals surface area (Å²) >= 11 is 0. The summed E-state index contributed by atoms with van der Waals surface area (Å²) in [6.07, 6.45) is 2.98. The van der Waals surface area contributed by atoms with Crippen LogP contribution in [0.4, 0.5) is 0 Å². The number of aromatic nitrogens is 3. The first kappa shape index (κ1) is 15.0. The van der Waals surface area contributed by atoms with Crippen molar-refractivity contribution in [3.05, 3.63) is 90.7 Å². The van der Waals surface area contributed by atoms with Crippen molar-refractivity contribution in [1.29, 1.82) is 0 Å². The summed E-state index contributed by atoms with van der Waals surface area (Å²) in [7, 11) is 0. The van der Waals surface area contributed by atoms with Crippen molar-refractivity contribution in [3.8, 4) is 0 Å². The molecular weight excluding hydrogens is 323 g/mol. The van der Waals surface area contributed by atoms with E-state index >= 15 is 0 Å². The summed E-state index contributed by atoms with van der Waals surface area (Å²) in [5.41, 5.74) is 1.12. The molecule has 0 fully saturated rings. The van der Waals surface area contributed by atoms with Crippen molar-refractivity contribution in [2.24, 2.45) is 0 Å². The summed E-state index contributed by atoms with van der Waals surface area (Å²) in [5.74, 6) is 0.580. The Bertz CT molecular complexity index is 594. The number of benzene rings is 2. The average molecular weight is 338 g/mol. The fourth-order valence-corrected chi connectivity index (χ4v) is 1.41. The van der Waals surface area contributed by atoms with Gasteiger partial charge in [0.15, 0.2) is 0 Å². The predicted molar refractivity (Wildman–Crippen MR) is 73.2 cm³/mol. The molecule has 0 unspecified atom stereocenters. The van der Waals surface area contributed by atoms with Gasteiger partial charge in [-0.2, -0.15) is 36.4 Å². The Balaban J connectivity index is 0.000000267. The standard InChI is InChI=1S/C10H8N3.C6H5.Y/c1-2-4-9(5-3-1)6-10-12-7-11-8-13-10;1-2-4-6-5-3-1;/h1-5,7H,6H2;1-5H;/q2*-1;/i7T;;. The third-order valence-corrected chi connectivity index (χ3v) is 2.27. The van der Waals surface area contributed by atoms with Crippen molar-refractivity contribution in [2.75, 3.05) is 0 Å². The molecule has 0 saturated heterocycles. The van der Waals surface area contributed by atoms with E-state index in [1.165, 1.54) is 0 Å². The fraction of sp³-hybridized carbons (Fsp3) is 0.0625. The van der Waals surface area contributed by atoms with Crippen LogP contribution in [0.3, 0.4) is 0 Å². The largest absolute Gasteiger partial charge is 0.355 e. The van der Waals surface area contributed by atoms with Gasteiger partial charge in [-0.15, -0.1) is 0 Å². The van der Waals surface area contributed by atoms with Crippen LogP contribution >= 0.6 is 0 Å². The van der Waals surface area contributed by atoms with Crippen LogP contribution in [-0.2, 0) is 39.1 Å². The van der Waals surface area contributed by atoms with Crippen molar-refractivity contribution in [1.82, 2.24) is 15.0 Å². The predicted octanol–water partition coefficient (Wildman–Crippen LogP) is 2.75. The molecule has 0 N–H and O–H groups in total. The average Bonchev–Trinajstić information content (AvgIpc) is 2.51. The Labute approximate surface area is 145 Å². The van der Waals surface area contributed by atoms with Gasteiger partial charge in [-0.05, 0) is 6.42 Å². The van der Waals surface area contributed by atoms with E-state index in [4.69, 9.17) is 1.37 Å². The van der Waals surface area contributed by atoms with E-state index in [0.717, 1.165) is 5.56 Å². The van der Waals surface area contributed by atoms with Crippen LogP contribution in [0.1, 0.15) is 12.8 Å². The topological polar surface area (TPSA) is 38.7 Å². The minimum Gasteiger partial charge on any atom is -0.355 e. The molecule has 3 aromatic rings. The van der Waals surface area contributed by atoms with Crippen LogP contribution < -0.4 is 0 Å². The van der Waals surface area contributed by atoms with E-state index in [0.29, 0.717) is 12.2 Å². The second-order valence-electron chi connectivity index (χ2n) is 3.69. The third-order valence-electron chi connectivity index (χ3n) is 2.27. The SMILES string of the molecule is [3H]c1n[c-]nc(Cc2ccccc2)n1.[Y].[c-]1ccccc1. The molecule has 0 spiro atoms. The Morgan fingerprint density at radius 2 is 1.70 bits per heavy atom. The molecule has 0 amide bonds. The van der Waals surface area contributed by atoms with Gasteiger partial charge in [-0.25, -0.2) is 0 Å². The minimum absolute atomic E-state index is 0. The second kappa shape index (κ2) is 10.4. The first-order valence-electron chi connectivity index (χ1n) is 6.37. The molecule has 3 nitrogen and oxygen atoms in total. The maximum atomic E-state index is 7.21. The van der Waals surface area contributed by atoms with Crippen molar-refractivity contribution in [2.45, 2.75) is 6.42 Å². The molecular formula is C16H13N3Y-2. The van der Waals surface area contributed by atoms with Crippen molar-refractivity contribution < 1.29 is 34.1 Å². The van der Waals surface area contributed by atoms with Gasteiger partial charge in [-0.3, -0.25) is 0 Å². The van der Waals surface area contributed by atoms with Crippen molar-refractivity contribution in [3.63, 3.8) is 0 Å². The van der Waals surface area contributed by atoms with Gasteiger partial charge in [0.1, 0.15) is 0 Å². The molecule has 2 aromatic carbocycles.